The molecule has 0 saturated carbocycles. The number of nitrogens with zero attached hydrogens (tertiary/aromatic N) is 2. The zero-order valence-electron chi connectivity index (χ0n) is 9.05. The summed E-state index contributed by atoms with van der Waals surface area (Å²) < 4.78 is 13.8. The summed E-state index contributed by atoms with van der Waals surface area (Å²) in [4.78, 5) is 7.93. The molecule has 0 saturated heterocycles. The Labute approximate surface area is 107 Å². The number of anilines is 1. The first-order valence-electron chi connectivity index (χ1n) is 4.84. The van der Waals surface area contributed by atoms with Gasteiger partial charge in [-0.05, 0) is 29.8 Å². The summed E-state index contributed by atoms with van der Waals surface area (Å²) in [5.41, 5.74) is 2.49. The van der Waals surface area contributed by atoms with Gasteiger partial charge in [0.15, 0.2) is 0 Å². The Hall–Kier alpha value is -1.46. The van der Waals surface area contributed by atoms with Crippen LogP contribution in [0.5, 0.6) is 0 Å². The van der Waals surface area contributed by atoms with Gasteiger partial charge >= 0.3 is 0 Å². The second-order valence-electron chi connectivity index (χ2n) is 3.34. The molecular formula is C11H10ClN3OS. The van der Waals surface area contributed by atoms with E-state index in [9.17, 15) is 4.21 Å². The minimum atomic E-state index is -1.07. The van der Waals surface area contributed by atoms with Gasteiger partial charge in [0.1, 0.15) is 11.0 Å². The largest absolute Gasteiger partial charge is 0.305 e. The minimum Gasteiger partial charge on any atom is -0.305 e. The van der Waals surface area contributed by atoms with Crippen molar-refractivity contribution in [2.24, 2.45) is 0 Å². The fourth-order valence-electron chi connectivity index (χ4n) is 1.37. The normalized spacial score (nSPS) is 12.1. The second kappa shape index (κ2) is 5.25. The first-order valence-corrected chi connectivity index (χ1v) is 6.78. The average molecular weight is 268 g/mol. The van der Waals surface area contributed by atoms with Gasteiger partial charge in [-0.3, -0.25) is 0 Å². The maximum absolute atomic E-state index is 11.0. The van der Waals surface area contributed by atoms with Gasteiger partial charge in [0, 0.05) is 23.7 Å². The molecular weight excluding hydrogens is 258 g/mol. The van der Waals surface area contributed by atoms with E-state index in [4.69, 9.17) is 11.6 Å². The molecule has 0 aliphatic carbocycles. The predicted molar refractivity (Wildman–Crippen MR) is 70.2 cm³/mol. The fourth-order valence-corrected chi connectivity index (χ4v) is 1.99. The summed E-state index contributed by atoms with van der Waals surface area (Å²) in [6, 6.07) is 9.23. The zero-order valence-corrected chi connectivity index (χ0v) is 10.6. The van der Waals surface area contributed by atoms with E-state index in [1.54, 1.807) is 18.5 Å². The molecule has 0 aliphatic heterocycles. The third-order valence-electron chi connectivity index (χ3n) is 2.07. The third kappa shape index (κ3) is 3.25. The lowest BCUT2D eigenvalue weighted by atomic mass is 10.1. The molecule has 4 nitrogen and oxygen atoms in total. The van der Waals surface area contributed by atoms with Crippen molar-refractivity contribution in [1.29, 1.82) is 0 Å². The topological polar surface area (TPSA) is 54.9 Å². The second-order valence-corrected chi connectivity index (χ2v) is 4.79. The molecule has 1 N–H and O–H groups in total. The number of benzene rings is 1. The molecule has 0 spiro atoms. The van der Waals surface area contributed by atoms with Crippen molar-refractivity contribution in [1.82, 2.24) is 9.97 Å². The van der Waals surface area contributed by atoms with Gasteiger partial charge in [0.2, 0.25) is 5.28 Å². The van der Waals surface area contributed by atoms with Gasteiger partial charge in [-0.25, -0.2) is 14.2 Å². The SMILES string of the molecule is CS(=O)Nc1ccc(-c2ccnc(Cl)n2)cc1. The molecule has 1 unspecified atom stereocenters. The van der Waals surface area contributed by atoms with Crippen molar-refractivity contribution in [2.75, 3.05) is 11.0 Å². The van der Waals surface area contributed by atoms with E-state index in [1.165, 1.54) is 0 Å². The van der Waals surface area contributed by atoms with Crippen LogP contribution in [0.1, 0.15) is 0 Å². The lowest BCUT2D eigenvalue weighted by Crippen LogP contribution is -2.00. The predicted octanol–water partition coefficient (Wildman–Crippen LogP) is 2.50. The molecule has 1 aromatic heterocycles. The number of nitrogens with one attached hydrogen (secondary N) is 1. The van der Waals surface area contributed by atoms with Crippen LogP contribution in [0.15, 0.2) is 36.5 Å². The highest BCUT2D eigenvalue weighted by atomic mass is 35.5. The maximum atomic E-state index is 11.0. The van der Waals surface area contributed by atoms with E-state index in [-0.39, 0.29) is 5.28 Å². The highest BCUT2D eigenvalue weighted by molar-refractivity contribution is 7.85. The van der Waals surface area contributed by atoms with Crippen molar-refractivity contribution in [3.63, 3.8) is 0 Å². The fraction of sp³-hybridized carbons (Fsp3) is 0.0909. The number of aromatic nitrogens is 2. The van der Waals surface area contributed by atoms with E-state index in [1.807, 2.05) is 24.3 Å². The summed E-state index contributed by atoms with van der Waals surface area (Å²) in [5, 5.41) is 0.222. The van der Waals surface area contributed by atoms with E-state index >= 15 is 0 Å². The molecule has 0 bridgehead atoms. The summed E-state index contributed by atoms with van der Waals surface area (Å²) in [6.45, 7) is 0. The van der Waals surface area contributed by atoms with E-state index in [2.05, 4.69) is 14.7 Å². The summed E-state index contributed by atoms with van der Waals surface area (Å²) in [6.07, 6.45) is 3.19. The standard InChI is InChI=1S/C11H10ClN3OS/c1-17(16)15-9-4-2-8(3-5-9)10-6-7-13-11(12)14-10/h2-7,15H,1H3. The first-order chi connectivity index (χ1) is 8.15. The molecule has 0 radical (unpaired) electrons. The third-order valence-corrected chi connectivity index (χ3v) is 2.77. The molecule has 0 aliphatic rings. The van der Waals surface area contributed by atoms with Crippen LogP contribution in [0.3, 0.4) is 0 Å². The van der Waals surface area contributed by atoms with Crippen LogP contribution < -0.4 is 4.72 Å². The Morgan fingerprint density at radius 1 is 1.24 bits per heavy atom. The Morgan fingerprint density at radius 2 is 1.94 bits per heavy atom. The summed E-state index contributed by atoms with van der Waals surface area (Å²) in [7, 11) is -1.07. The smallest absolute Gasteiger partial charge is 0.222 e. The van der Waals surface area contributed by atoms with Gasteiger partial charge in [0.25, 0.3) is 0 Å². The minimum absolute atomic E-state index is 0.222. The van der Waals surface area contributed by atoms with Crippen LogP contribution in [0.2, 0.25) is 5.28 Å². The van der Waals surface area contributed by atoms with Crippen LogP contribution in [-0.4, -0.2) is 20.4 Å². The molecule has 88 valence electrons. The Kier molecular flexibility index (Phi) is 3.71. The molecule has 1 atom stereocenters. The van der Waals surface area contributed by atoms with Gasteiger partial charge in [-0.15, -0.1) is 0 Å². The van der Waals surface area contributed by atoms with E-state index in [0.29, 0.717) is 0 Å². The van der Waals surface area contributed by atoms with Crippen molar-refractivity contribution in [2.45, 2.75) is 0 Å². The highest BCUT2D eigenvalue weighted by Gasteiger charge is 2.01. The van der Waals surface area contributed by atoms with Crippen molar-refractivity contribution in [3.05, 3.63) is 41.8 Å². The number of hydrogen-bond acceptors (Lipinski definition) is 3. The van der Waals surface area contributed by atoms with E-state index < -0.39 is 11.0 Å². The monoisotopic (exact) mass is 267 g/mol. The first kappa shape index (κ1) is 12.0. The van der Waals surface area contributed by atoms with Crippen LogP contribution in [0.4, 0.5) is 5.69 Å². The maximum Gasteiger partial charge on any atom is 0.222 e. The number of halogens is 1. The van der Waals surface area contributed by atoms with Crippen molar-refractivity contribution in [3.8, 4) is 11.3 Å². The molecule has 1 heterocycles. The quantitative estimate of drug-likeness (QED) is 0.870. The van der Waals surface area contributed by atoms with Gasteiger partial charge in [0.05, 0.1) is 5.69 Å². The highest BCUT2D eigenvalue weighted by Crippen LogP contribution is 2.20. The van der Waals surface area contributed by atoms with Gasteiger partial charge in [-0.2, -0.15) is 0 Å². The molecule has 17 heavy (non-hydrogen) atoms. The lowest BCUT2D eigenvalue weighted by Gasteiger charge is -2.04. The van der Waals surface area contributed by atoms with Crippen LogP contribution in [-0.2, 0) is 11.0 Å². The number of hydrogen-bond donors (Lipinski definition) is 1. The van der Waals surface area contributed by atoms with Crippen LogP contribution in [0.25, 0.3) is 11.3 Å². The Balaban J connectivity index is 2.26. The molecule has 1 aromatic carbocycles. The van der Waals surface area contributed by atoms with Crippen LogP contribution in [0, 0.1) is 0 Å². The molecule has 6 heteroatoms. The van der Waals surface area contributed by atoms with Crippen LogP contribution >= 0.6 is 11.6 Å². The molecule has 2 rings (SSSR count). The molecule has 2 aromatic rings. The lowest BCUT2D eigenvalue weighted by molar-refractivity contribution is 0.690. The Bertz CT molecular complexity index is 545. The Morgan fingerprint density at radius 3 is 2.53 bits per heavy atom. The molecule has 0 amide bonds. The summed E-state index contributed by atoms with van der Waals surface area (Å²) in [5.74, 6) is 0. The molecule has 0 fully saturated rings. The number of rotatable bonds is 3. The van der Waals surface area contributed by atoms with E-state index in [0.717, 1.165) is 16.9 Å². The summed E-state index contributed by atoms with van der Waals surface area (Å²) >= 11 is 5.72. The van der Waals surface area contributed by atoms with Crippen molar-refractivity contribution >= 4 is 28.3 Å². The van der Waals surface area contributed by atoms with Crippen molar-refractivity contribution < 1.29 is 4.21 Å². The zero-order chi connectivity index (χ0) is 12.3. The average Bonchev–Trinajstić information content (AvgIpc) is 2.29. The van der Waals surface area contributed by atoms with Gasteiger partial charge < -0.3 is 4.72 Å². The van der Waals surface area contributed by atoms with Gasteiger partial charge in [-0.1, -0.05) is 12.1 Å².